The van der Waals surface area contributed by atoms with E-state index in [9.17, 15) is 0 Å². The van der Waals surface area contributed by atoms with Crippen LogP contribution in [0, 0.1) is 27.7 Å². The molecule has 2 aromatic rings. The molecule has 0 aliphatic rings. The highest BCUT2D eigenvalue weighted by molar-refractivity contribution is 5.53. The normalized spacial score (nSPS) is 10.8. The van der Waals surface area contributed by atoms with Crippen LogP contribution in [-0.4, -0.2) is 0 Å². The zero-order chi connectivity index (χ0) is 14.5. The third-order valence-corrected chi connectivity index (χ3v) is 3.58. The first kappa shape index (κ1) is 14.1. The number of rotatable bonds is 4. The number of nitrogens with one attached hydrogen (secondary N) is 2. The van der Waals surface area contributed by atoms with Gasteiger partial charge in [0, 0.05) is 0 Å². The third kappa shape index (κ3) is 3.15. The van der Waals surface area contributed by atoms with E-state index >= 15 is 0 Å². The second-order valence-corrected chi connectivity index (χ2v) is 4.90. The van der Waals surface area contributed by atoms with Crippen molar-refractivity contribution in [2.45, 2.75) is 27.7 Å². The lowest BCUT2D eigenvalue weighted by molar-refractivity contribution is 0.803. The van der Waals surface area contributed by atoms with E-state index in [1.165, 1.54) is 16.7 Å². The lowest BCUT2D eigenvalue weighted by Crippen LogP contribution is -2.14. The van der Waals surface area contributed by atoms with E-state index in [0.717, 1.165) is 16.9 Å². The highest BCUT2D eigenvalue weighted by Crippen LogP contribution is 2.21. The van der Waals surface area contributed by atoms with Crippen LogP contribution in [0.4, 0.5) is 11.4 Å². The van der Waals surface area contributed by atoms with Crippen molar-refractivity contribution in [2.24, 2.45) is 10.3 Å². The average Bonchev–Trinajstić information content (AvgIpc) is 2.43. The van der Waals surface area contributed by atoms with Gasteiger partial charge in [0.2, 0.25) is 0 Å². The molecule has 0 amide bonds. The molecule has 0 saturated heterocycles. The summed E-state index contributed by atoms with van der Waals surface area (Å²) in [6.07, 6.45) is 0. The van der Waals surface area contributed by atoms with Crippen molar-refractivity contribution in [2.75, 3.05) is 5.43 Å². The molecule has 0 aromatic heterocycles. The maximum Gasteiger partial charge on any atom is 0.0906 e. The van der Waals surface area contributed by atoms with Crippen LogP contribution in [0.3, 0.4) is 0 Å². The van der Waals surface area contributed by atoms with Crippen LogP contribution in [0.5, 0.6) is 0 Å². The predicted molar refractivity (Wildman–Crippen MR) is 83.1 cm³/mol. The molecule has 2 N–H and O–H groups in total. The Morgan fingerprint density at radius 1 is 0.800 bits per heavy atom. The van der Waals surface area contributed by atoms with E-state index in [4.69, 9.17) is 0 Å². The van der Waals surface area contributed by atoms with Crippen molar-refractivity contribution in [3.05, 3.63) is 58.7 Å². The van der Waals surface area contributed by atoms with Crippen LogP contribution in [0.15, 0.2) is 46.7 Å². The van der Waals surface area contributed by atoms with Crippen LogP contribution < -0.4 is 11.0 Å². The van der Waals surface area contributed by atoms with Crippen molar-refractivity contribution in [3.8, 4) is 0 Å². The van der Waals surface area contributed by atoms with Crippen LogP contribution in [0.25, 0.3) is 0 Å². The zero-order valence-electron chi connectivity index (χ0n) is 12.4. The second-order valence-electron chi connectivity index (χ2n) is 4.90. The molecule has 4 heteroatoms. The van der Waals surface area contributed by atoms with E-state index in [1.807, 2.05) is 31.2 Å². The molecule has 0 atom stereocenters. The van der Waals surface area contributed by atoms with Gasteiger partial charge >= 0.3 is 0 Å². The maximum absolute atomic E-state index is 4.19. The molecule has 0 spiro atoms. The molecule has 0 fully saturated rings. The Hall–Kier alpha value is -2.36. The van der Waals surface area contributed by atoms with Gasteiger partial charge in [-0.3, -0.25) is 5.43 Å². The fourth-order valence-corrected chi connectivity index (χ4v) is 1.89. The summed E-state index contributed by atoms with van der Waals surface area (Å²) in [5, 5.41) is 8.16. The predicted octanol–water partition coefficient (Wildman–Crippen LogP) is 4.54. The van der Waals surface area contributed by atoms with Gasteiger partial charge in [-0.05, 0) is 62.1 Å². The van der Waals surface area contributed by atoms with Crippen molar-refractivity contribution in [1.29, 1.82) is 0 Å². The molecule has 2 aromatic carbocycles. The lowest BCUT2D eigenvalue weighted by Gasteiger charge is -2.09. The summed E-state index contributed by atoms with van der Waals surface area (Å²) in [7, 11) is 0. The van der Waals surface area contributed by atoms with Crippen LogP contribution >= 0.6 is 0 Å². The molecular weight excluding hydrogens is 248 g/mol. The first-order chi connectivity index (χ1) is 9.59. The molecule has 0 bridgehead atoms. The Morgan fingerprint density at radius 2 is 1.45 bits per heavy atom. The van der Waals surface area contributed by atoms with Gasteiger partial charge in [-0.15, -0.1) is 5.11 Å². The molecule has 0 saturated carbocycles. The first-order valence-corrected chi connectivity index (χ1v) is 6.64. The van der Waals surface area contributed by atoms with Crippen molar-refractivity contribution >= 4 is 11.4 Å². The van der Waals surface area contributed by atoms with Crippen LogP contribution in [-0.2, 0) is 0 Å². The molecule has 0 heterocycles. The Balaban J connectivity index is 2.01. The van der Waals surface area contributed by atoms with Gasteiger partial charge in [0.25, 0.3) is 0 Å². The van der Waals surface area contributed by atoms with Gasteiger partial charge < -0.3 is 0 Å². The number of nitrogens with zero attached hydrogens (tertiary/aromatic N) is 2. The fraction of sp³-hybridized carbons (Fsp3) is 0.250. The zero-order valence-corrected chi connectivity index (χ0v) is 12.4. The van der Waals surface area contributed by atoms with Crippen molar-refractivity contribution in [3.63, 3.8) is 0 Å². The Kier molecular flexibility index (Phi) is 4.35. The lowest BCUT2D eigenvalue weighted by atomic mass is 10.1. The van der Waals surface area contributed by atoms with Gasteiger partial charge in [0.1, 0.15) is 0 Å². The van der Waals surface area contributed by atoms with E-state index in [0.29, 0.717) is 0 Å². The summed E-state index contributed by atoms with van der Waals surface area (Å²) in [4.78, 5) is 0. The molecule has 4 nitrogen and oxygen atoms in total. The molecule has 0 radical (unpaired) electrons. The SMILES string of the molecule is Cc1cccc(N=NNNc2cccc(C)c2C)c1C. The second kappa shape index (κ2) is 6.19. The standard InChI is InChI=1S/C16H20N4/c1-11-7-5-9-15(13(11)3)17-19-20-18-16-10-6-8-12(2)14(16)4/h5-10H,1-4H3,(H,17,20)(H,18,19). The number of anilines is 1. The smallest absolute Gasteiger partial charge is 0.0906 e. The Bertz CT molecular complexity index is 632. The number of hydrogen-bond acceptors (Lipinski definition) is 3. The number of benzene rings is 2. The summed E-state index contributed by atoms with van der Waals surface area (Å²) in [5.41, 5.74) is 12.5. The van der Waals surface area contributed by atoms with Crippen molar-refractivity contribution < 1.29 is 0 Å². The molecule has 0 unspecified atom stereocenters. The molecule has 20 heavy (non-hydrogen) atoms. The molecule has 0 aliphatic carbocycles. The summed E-state index contributed by atoms with van der Waals surface area (Å²) in [6, 6.07) is 12.1. The summed E-state index contributed by atoms with van der Waals surface area (Å²) < 4.78 is 0. The molecule has 104 valence electrons. The monoisotopic (exact) mass is 268 g/mol. The largest absolute Gasteiger partial charge is 0.284 e. The van der Waals surface area contributed by atoms with Gasteiger partial charge in [0.15, 0.2) is 0 Å². The third-order valence-electron chi connectivity index (χ3n) is 3.58. The topological polar surface area (TPSA) is 48.8 Å². The van der Waals surface area contributed by atoms with E-state index in [-0.39, 0.29) is 0 Å². The summed E-state index contributed by atoms with van der Waals surface area (Å²) >= 11 is 0. The minimum Gasteiger partial charge on any atom is -0.284 e. The highest BCUT2D eigenvalue weighted by Gasteiger charge is 1.99. The number of aryl methyl sites for hydroxylation is 2. The molecular formula is C16H20N4. The fourth-order valence-electron chi connectivity index (χ4n) is 1.89. The summed E-state index contributed by atoms with van der Waals surface area (Å²) in [6.45, 7) is 8.26. The molecule has 2 rings (SSSR count). The summed E-state index contributed by atoms with van der Waals surface area (Å²) in [5.74, 6) is 0. The minimum atomic E-state index is 0.875. The number of hydrazine groups is 1. The van der Waals surface area contributed by atoms with Gasteiger partial charge in [-0.25, -0.2) is 5.53 Å². The van der Waals surface area contributed by atoms with Gasteiger partial charge in [0.05, 0.1) is 11.4 Å². The van der Waals surface area contributed by atoms with E-state index in [2.05, 4.69) is 54.2 Å². The van der Waals surface area contributed by atoms with Crippen LogP contribution in [0.2, 0.25) is 0 Å². The Labute approximate surface area is 119 Å². The van der Waals surface area contributed by atoms with Crippen LogP contribution in [0.1, 0.15) is 22.3 Å². The maximum atomic E-state index is 4.19. The quantitative estimate of drug-likeness (QED) is 0.632. The minimum absolute atomic E-state index is 0.875. The van der Waals surface area contributed by atoms with Crippen molar-refractivity contribution in [1.82, 2.24) is 5.53 Å². The van der Waals surface area contributed by atoms with E-state index < -0.39 is 0 Å². The average molecular weight is 268 g/mol. The Morgan fingerprint density at radius 3 is 2.20 bits per heavy atom. The van der Waals surface area contributed by atoms with Gasteiger partial charge in [-0.2, -0.15) is 0 Å². The van der Waals surface area contributed by atoms with Gasteiger partial charge in [-0.1, -0.05) is 29.5 Å². The first-order valence-electron chi connectivity index (χ1n) is 6.64. The highest BCUT2D eigenvalue weighted by atomic mass is 15.6. The number of hydrogen-bond donors (Lipinski definition) is 2. The molecule has 0 aliphatic heterocycles. The van der Waals surface area contributed by atoms with E-state index in [1.54, 1.807) is 0 Å².